The van der Waals surface area contributed by atoms with E-state index >= 15 is 0 Å². The van der Waals surface area contributed by atoms with Crippen molar-refractivity contribution in [3.63, 3.8) is 0 Å². The van der Waals surface area contributed by atoms with Crippen LogP contribution in [0.4, 0.5) is 13.2 Å². The van der Waals surface area contributed by atoms with E-state index in [0.29, 0.717) is 18.0 Å². The van der Waals surface area contributed by atoms with E-state index in [4.69, 9.17) is 4.74 Å². The smallest absolute Gasteiger partial charge is 0.396 e. The van der Waals surface area contributed by atoms with Gasteiger partial charge in [-0.3, -0.25) is 9.80 Å². The minimum Gasteiger partial charge on any atom is -0.396 e. The number of ether oxygens (including phenoxy) is 1. The first-order valence-corrected chi connectivity index (χ1v) is 8.75. The SMILES string of the molecule is OC[C@H]1CN(Cc2cccc(C(F)(F)F)c2)C[C@H]1CN1CCOCC1. The lowest BCUT2D eigenvalue weighted by molar-refractivity contribution is -0.137. The normalized spacial score (nSPS) is 26.2. The minimum atomic E-state index is -4.31. The molecule has 2 fully saturated rings. The maximum absolute atomic E-state index is 12.9. The summed E-state index contributed by atoms with van der Waals surface area (Å²) < 4.78 is 43.9. The molecule has 0 aliphatic carbocycles. The highest BCUT2D eigenvalue weighted by Crippen LogP contribution is 2.31. The molecule has 0 radical (unpaired) electrons. The van der Waals surface area contributed by atoms with E-state index in [-0.39, 0.29) is 12.5 Å². The molecule has 0 bridgehead atoms. The number of aliphatic hydroxyl groups excluding tert-OH is 1. The first-order valence-electron chi connectivity index (χ1n) is 8.75. The Hall–Kier alpha value is -1.15. The van der Waals surface area contributed by atoms with Crippen LogP contribution in [-0.2, 0) is 17.5 Å². The number of hydrogen-bond acceptors (Lipinski definition) is 4. The molecular weight excluding hydrogens is 333 g/mol. The molecule has 0 spiro atoms. The maximum Gasteiger partial charge on any atom is 0.416 e. The van der Waals surface area contributed by atoms with Gasteiger partial charge in [-0.1, -0.05) is 18.2 Å². The van der Waals surface area contributed by atoms with Crippen molar-refractivity contribution in [2.75, 3.05) is 52.5 Å². The number of benzene rings is 1. The van der Waals surface area contributed by atoms with Gasteiger partial charge in [0.2, 0.25) is 0 Å². The van der Waals surface area contributed by atoms with Gasteiger partial charge in [-0.15, -0.1) is 0 Å². The Kier molecular flexibility index (Phi) is 5.99. The molecule has 2 atom stereocenters. The third-order valence-electron chi connectivity index (χ3n) is 5.14. The van der Waals surface area contributed by atoms with Crippen molar-refractivity contribution in [1.82, 2.24) is 9.80 Å². The highest BCUT2D eigenvalue weighted by Gasteiger charge is 2.34. The number of aliphatic hydroxyl groups is 1. The van der Waals surface area contributed by atoms with Crippen molar-refractivity contribution < 1.29 is 23.0 Å². The summed E-state index contributed by atoms with van der Waals surface area (Å²) in [7, 11) is 0. The molecule has 2 aliphatic heterocycles. The second kappa shape index (κ2) is 8.03. The Morgan fingerprint density at radius 3 is 2.48 bits per heavy atom. The van der Waals surface area contributed by atoms with Crippen molar-refractivity contribution >= 4 is 0 Å². The quantitative estimate of drug-likeness (QED) is 0.874. The van der Waals surface area contributed by atoms with Gasteiger partial charge < -0.3 is 9.84 Å². The van der Waals surface area contributed by atoms with Crippen molar-refractivity contribution in [1.29, 1.82) is 0 Å². The first-order chi connectivity index (χ1) is 12.0. The fourth-order valence-corrected chi connectivity index (χ4v) is 3.80. The molecule has 0 amide bonds. The number of halogens is 3. The minimum absolute atomic E-state index is 0.119. The monoisotopic (exact) mass is 358 g/mol. The highest BCUT2D eigenvalue weighted by atomic mass is 19.4. The number of hydrogen-bond donors (Lipinski definition) is 1. The molecule has 25 heavy (non-hydrogen) atoms. The zero-order valence-electron chi connectivity index (χ0n) is 14.2. The lowest BCUT2D eigenvalue weighted by Crippen LogP contribution is -2.41. The molecule has 2 aliphatic rings. The van der Waals surface area contributed by atoms with Gasteiger partial charge in [0.15, 0.2) is 0 Å². The largest absolute Gasteiger partial charge is 0.416 e. The third kappa shape index (κ3) is 4.94. The summed E-state index contributed by atoms with van der Waals surface area (Å²) >= 11 is 0. The Bertz CT molecular complexity index is 561. The summed E-state index contributed by atoms with van der Waals surface area (Å²) in [5.74, 6) is 0.516. The predicted molar refractivity (Wildman–Crippen MR) is 88.0 cm³/mol. The summed E-state index contributed by atoms with van der Waals surface area (Å²) in [4.78, 5) is 4.51. The van der Waals surface area contributed by atoms with E-state index < -0.39 is 11.7 Å². The molecule has 1 aromatic carbocycles. The van der Waals surface area contributed by atoms with Crippen LogP contribution in [0.15, 0.2) is 24.3 Å². The Morgan fingerprint density at radius 1 is 1.08 bits per heavy atom. The van der Waals surface area contributed by atoms with Gasteiger partial charge in [0.1, 0.15) is 0 Å². The molecule has 0 aromatic heterocycles. The van der Waals surface area contributed by atoms with E-state index in [2.05, 4.69) is 9.80 Å². The van der Waals surface area contributed by atoms with Crippen LogP contribution in [-0.4, -0.2) is 67.5 Å². The van der Waals surface area contributed by atoms with Gasteiger partial charge in [0, 0.05) is 45.9 Å². The molecule has 140 valence electrons. The van der Waals surface area contributed by atoms with Crippen LogP contribution in [0, 0.1) is 11.8 Å². The number of likely N-dealkylation sites (tertiary alicyclic amines) is 1. The van der Waals surface area contributed by atoms with Gasteiger partial charge in [-0.25, -0.2) is 0 Å². The van der Waals surface area contributed by atoms with Crippen molar-refractivity contribution in [3.05, 3.63) is 35.4 Å². The second-order valence-corrected chi connectivity index (χ2v) is 7.01. The van der Waals surface area contributed by atoms with Crippen molar-refractivity contribution in [3.8, 4) is 0 Å². The predicted octanol–water partition coefficient (Wildman–Crippen LogP) is 2.08. The molecule has 7 heteroatoms. The van der Waals surface area contributed by atoms with E-state index in [1.54, 1.807) is 6.07 Å². The standard InChI is InChI=1S/C18H25F3N2O2/c19-18(20,21)17-3-1-2-14(8-17)9-23-11-15(16(12-23)13-24)10-22-4-6-25-7-5-22/h1-3,8,15-16,24H,4-7,9-13H2/t15-,16-/m1/s1. The van der Waals surface area contributed by atoms with Crippen molar-refractivity contribution in [2.24, 2.45) is 11.8 Å². The van der Waals surface area contributed by atoms with Gasteiger partial charge in [-0.2, -0.15) is 13.2 Å². The number of alkyl halides is 3. The third-order valence-corrected chi connectivity index (χ3v) is 5.14. The molecule has 0 saturated carbocycles. The van der Waals surface area contributed by atoms with E-state index in [0.717, 1.165) is 52.0 Å². The zero-order chi connectivity index (χ0) is 17.9. The summed E-state index contributed by atoms with van der Waals surface area (Å²) in [6.45, 7) is 6.34. The molecule has 0 unspecified atom stereocenters. The van der Waals surface area contributed by atoms with Crippen LogP contribution >= 0.6 is 0 Å². The summed E-state index contributed by atoms with van der Waals surface area (Å²) in [6.07, 6.45) is -4.31. The van der Waals surface area contributed by atoms with Crippen LogP contribution in [0.1, 0.15) is 11.1 Å². The highest BCUT2D eigenvalue weighted by molar-refractivity contribution is 5.25. The van der Waals surface area contributed by atoms with Crippen LogP contribution in [0.3, 0.4) is 0 Å². The van der Waals surface area contributed by atoms with Crippen LogP contribution in [0.5, 0.6) is 0 Å². The van der Waals surface area contributed by atoms with E-state index in [9.17, 15) is 18.3 Å². The van der Waals surface area contributed by atoms with E-state index in [1.807, 2.05) is 0 Å². The van der Waals surface area contributed by atoms with Gasteiger partial charge >= 0.3 is 6.18 Å². The maximum atomic E-state index is 12.9. The van der Waals surface area contributed by atoms with Crippen LogP contribution < -0.4 is 0 Å². The molecule has 2 heterocycles. The van der Waals surface area contributed by atoms with Gasteiger partial charge in [0.25, 0.3) is 0 Å². The molecular formula is C18H25F3N2O2. The number of rotatable bonds is 5. The molecule has 3 rings (SSSR count). The van der Waals surface area contributed by atoms with Crippen LogP contribution in [0.2, 0.25) is 0 Å². The molecule has 1 N–H and O–H groups in total. The topological polar surface area (TPSA) is 35.9 Å². The second-order valence-electron chi connectivity index (χ2n) is 7.01. The first kappa shape index (κ1) is 18.6. The average Bonchev–Trinajstić information content (AvgIpc) is 2.96. The fourth-order valence-electron chi connectivity index (χ4n) is 3.80. The number of morpholine rings is 1. The summed E-state index contributed by atoms with van der Waals surface area (Å²) in [5, 5.41) is 9.68. The Labute approximate surface area is 146 Å². The molecule has 4 nitrogen and oxygen atoms in total. The lowest BCUT2D eigenvalue weighted by atomic mass is 9.96. The average molecular weight is 358 g/mol. The zero-order valence-corrected chi connectivity index (χ0v) is 14.2. The summed E-state index contributed by atoms with van der Waals surface area (Å²) in [6, 6.07) is 5.52. The van der Waals surface area contributed by atoms with Crippen molar-refractivity contribution in [2.45, 2.75) is 12.7 Å². The lowest BCUT2D eigenvalue weighted by Gasteiger charge is -2.30. The van der Waals surface area contributed by atoms with E-state index in [1.165, 1.54) is 12.1 Å². The van der Waals surface area contributed by atoms with Gasteiger partial charge in [0.05, 0.1) is 18.8 Å². The fraction of sp³-hybridized carbons (Fsp3) is 0.667. The van der Waals surface area contributed by atoms with Crippen LogP contribution in [0.25, 0.3) is 0 Å². The molecule has 2 saturated heterocycles. The Morgan fingerprint density at radius 2 is 1.80 bits per heavy atom. The summed E-state index contributed by atoms with van der Waals surface area (Å²) in [5.41, 5.74) is 0.0614. The Balaban J connectivity index is 1.60. The number of nitrogens with zero attached hydrogens (tertiary/aromatic N) is 2. The molecule has 1 aromatic rings. The van der Waals surface area contributed by atoms with Gasteiger partial charge in [-0.05, 0) is 23.5 Å².